The number of nitrogens with one attached hydrogen (secondary N) is 2. The van der Waals surface area contributed by atoms with Crippen LogP contribution in [0, 0.1) is 5.82 Å². The number of carbonyl (C=O) groups excluding carboxylic acids is 1. The van der Waals surface area contributed by atoms with Gasteiger partial charge < -0.3 is 20.6 Å². The molecule has 0 saturated carbocycles. The van der Waals surface area contributed by atoms with Gasteiger partial charge in [-0.25, -0.2) is 9.18 Å². The molecule has 0 aromatic heterocycles. The lowest BCUT2D eigenvalue weighted by molar-refractivity contribution is -0.137. The van der Waals surface area contributed by atoms with Gasteiger partial charge in [-0.05, 0) is 56.5 Å². The second-order valence-corrected chi connectivity index (χ2v) is 6.07. The molecule has 1 fully saturated rings. The van der Waals surface area contributed by atoms with Gasteiger partial charge in [-0.1, -0.05) is 0 Å². The number of rotatable bonds is 7. The number of benzene rings is 1. The molecule has 0 spiro atoms. The number of halogens is 2. The Kier molecular flexibility index (Phi) is 9.23. The second kappa shape index (κ2) is 10.9. The Morgan fingerprint density at radius 2 is 1.80 bits per heavy atom. The second-order valence-electron chi connectivity index (χ2n) is 6.07. The van der Waals surface area contributed by atoms with Crippen molar-refractivity contribution in [2.75, 3.05) is 25.0 Å². The molecule has 1 aromatic rings. The van der Waals surface area contributed by atoms with Gasteiger partial charge in [0.25, 0.3) is 0 Å². The van der Waals surface area contributed by atoms with Gasteiger partial charge in [0.1, 0.15) is 5.82 Å². The summed E-state index contributed by atoms with van der Waals surface area (Å²) in [6.45, 7) is 2.70. The Balaban J connectivity index is 0.00000312. The van der Waals surface area contributed by atoms with Crippen molar-refractivity contribution in [3.63, 3.8) is 0 Å². The maximum Gasteiger partial charge on any atom is 0.319 e. The Morgan fingerprint density at radius 1 is 1.16 bits per heavy atom. The molecule has 0 atom stereocenters. The first-order valence-corrected chi connectivity index (χ1v) is 8.30. The quantitative estimate of drug-likeness (QED) is 0.641. The van der Waals surface area contributed by atoms with Crippen LogP contribution in [0.2, 0.25) is 0 Å². The van der Waals surface area contributed by atoms with Gasteiger partial charge in [0.15, 0.2) is 0 Å². The first kappa shape index (κ1) is 21.2. The van der Waals surface area contributed by atoms with E-state index in [0.717, 1.165) is 38.9 Å². The highest BCUT2D eigenvalue weighted by atomic mass is 35.5. The first-order chi connectivity index (χ1) is 11.5. The number of nitrogens with zero attached hydrogens (tertiary/aromatic N) is 1. The molecule has 6 nitrogen and oxygen atoms in total. The summed E-state index contributed by atoms with van der Waals surface area (Å²) in [5.74, 6) is -1.08. The number of likely N-dealkylation sites (tertiary alicyclic amines) is 1. The monoisotopic (exact) mass is 373 g/mol. The van der Waals surface area contributed by atoms with Crippen molar-refractivity contribution in [2.45, 2.75) is 38.1 Å². The van der Waals surface area contributed by atoms with Crippen molar-refractivity contribution in [3.8, 4) is 0 Å². The predicted octanol–water partition coefficient (Wildman–Crippen LogP) is 3.09. The average molecular weight is 374 g/mol. The molecular formula is C17H25ClFN3O3. The molecule has 1 heterocycles. The molecule has 3 N–H and O–H groups in total. The van der Waals surface area contributed by atoms with Gasteiger partial charge in [-0.2, -0.15) is 0 Å². The van der Waals surface area contributed by atoms with Crippen molar-refractivity contribution >= 4 is 30.1 Å². The van der Waals surface area contributed by atoms with Crippen molar-refractivity contribution in [1.29, 1.82) is 0 Å². The predicted molar refractivity (Wildman–Crippen MR) is 96.8 cm³/mol. The van der Waals surface area contributed by atoms with Crippen LogP contribution in [0.25, 0.3) is 0 Å². The lowest BCUT2D eigenvalue weighted by Crippen LogP contribution is -2.46. The molecule has 25 heavy (non-hydrogen) atoms. The Labute approximate surface area is 153 Å². The van der Waals surface area contributed by atoms with Gasteiger partial charge in [-0.15, -0.1) is 12.4 Å². The molecule has 1 aromatic carbocycles. The van der Waals surface area contributed by atoms with Crippen LogP contribution in [0.1, 0.15) is 32.1 Å². The zero-order chi connectivity index (χ0) is 17.4. The van der Waals surface area contributed by atoms with Crippen LogP contribution in [0.4, 0.5) is 14.9 Å². The maximum absolute atomic E-state index is 12.8. The van der Waals surface area contributed by atoms with Crippen molar-refractivity contribution in [3.05, 3.63) is 30.1 Å². The number of carboxylic acid groups (broad SMARTS) is 1. The molecule has 140 valence electrons. The minimum atomic E-state index is -0.745. The molecule has 0 radical (unpaired) electrons. The zero-order valence-electron chi connectivity index (χ0n) is 14.0. The van der Waals surface area contributed by atoms with E-state index in [0.29, 0.717) is 12.1 Å². The molecule has 8 heteroatoms. The molecule has 1 aliphatic rings. The Bertz CT molecular complexity index is 549. The van der Waals surface area contributed by atoms with Crippen LogP contribution < -0.4 is 10.6 Å². The highest BCUT2D eigenvalue weighted by Crippen LogP contribution is 2.13. The van der Waals surface area contributed by atoms with Crippen molar-refractivity contribution < 1.29 is 19.1 Å². The summed E-state index contributed by atoms with van der Waals surface area (Å²) in [5.41, 5.74) is 0.560. The number of hydrogen-bond donors (Lipinski definition) is 3. The number of amides is 2. The summed E-state index contributed by atoms with van der Waals surface area (Å²) in [7, 11) is 0. The topological polar surface area (TPSA) is 81.7 Å². The molecule has 0 bridgehead atoms. The lowest BCUT2D eigenvalue weighted by atomic mass is 10.0. The molecule has 1 aliphatic heterocycles. The molecular weight excluding hydrogens is 349 g/mol. The molecule has 1 saturated heterocycles. The number of hydrogen-bond acceptors (Lipinski definition) is 3. The fraction of sp³-hybridized carbons (Fsp3) is 0.529. The van der Waals surface area contributed by atoms with Crippen LogP contribution in [0.15, 0.2) is 24.3 Å². The van der Waals surface area contributed by atoms with Crippen LogP contribution in [0.5, 0.6) is 0 Å². The number of carboxylic acids is 1. The van der Waals surface area contributed by atoms with E-state index in [1.165, 1.54) is 24.3 Å². The van der Waals surface area contributed by atoms with E-state index in [2.05, 4.69) is 15.5 Å². The number of carbonyl (C=O) groups is 2. The highest BCUT2D eigenvalue weighted by molar-refractivity contribution is 5.89. The number of aliphatic carboxylic acids is 1. The number of anilines is 1. The van der Waals surface area contributed by atoms with Crippen molar-refractivity contribution in [1.82, 2.24) is 10.2 Å². The van der Waals surface area contributed by atoms with E-state index in [1.807, 2.05) is 0 Å². The van der Waals surface area contributed by atoms with Crippen LogP contribution in [-0.4, -0.2) is 47.7 Å². The number of urea groups is 1. The molecule has 2 amide bonds. The van der Waals surface area contributed by atoms with E-state index in [9.17, 15) is 14.0 Å². The van der Waals surface area contributed by atoms with E-state index in [-0.39, 0.29) is 36.7 Å². The van der Waals surface area contributed by atoms with Crippen LogP contribution >= 0.6 is 12.4 Å². The van der Waals surface area contributed by atoms with Crippen LogP contribution in [0.3, 0.4) is 0 Å². The fourth-order valence-electron chi connectivity index (χ4n) is 2.80. The maximum atomic E-state index is 12.8. The van der Waals surface area contributed by atoms with Gasteiger partial charge in [-0.3, -0.25) is 4.79 Å². The summed E-state index contributed by atoms with van der Waals surface area (Å²) in [6, 6.07) is 5.50. The number of unbranched alkanes of at least 4 members (excludes halogenated alkanes) is 1. The smallest absolute Gasteiger partial charge is 0.319 e. The van der Waals surface area contributed by atoms with E-state index in [4.69, 9.17) is 5.11 Å². The minimum absolute atomic E-state index is 0. The molecule has 0 unspecified atom stereocenters. The van der Waals surface area contributed by atoms with Gasteiger partial charge in [0, 0.05) is 31.2 Å². The molecule has 0 aliphatic carbocycles. The van der Waals surface area contributed by atoms with Gasteiger partial charge >= 0.3 is 12.0 Å². The van der Waals surface area contributed by atoms with Gasteiger partial charge in [0.2, 0.25) is 0 Å². The SMILES string of the molecule is Cl.O=C(O)CCCCN1CCC(NC(=O)Nc2ccc(F)cc2)CC1. The molecule has 2 rings (SSSR count). The van der Waals surface area contributed by atoms with E-state index < -0.39 is 5.97 Å². The number of piperidine rings is 1. The Hall–Kier alpha value is -1.86. The summed E-state index contributed by atoms with van der Waals surface area (Å²) in [6.07, 6.45) is 3.55. The third-order valence-electron chi connectivity index (χ3n) is 4.14. The third-order valence-corrected chi connectivity index (χ3v) is 4.14. The largest absolute Gasteiger partial charge is 0.481 e. The standard InChI is InChI=1S/C17H24FN3O3.ClH/c18-13-4-6-14(7-5-13)19-17(24)20-15-8-11-21(12-9-15)10-2-1-3-16(22)23;/h4-7,15H,1-3,8-12H2,(H,22,23)(H2,19,20,24);1H. The Morgan fingerprint density at radius 3 is 2.40 bits per heavy atom. The summed E-state index contributed by atoms with van der Waals surface area (Å²) in [4.78, 5) is 24.7. The fourth-order valence-corrected chi connectivity index (χ4v) is 2.80. The zero-order valence-corrected chi connectivity index (χ0v) is 14.9. The minimum Gasteiger partial charge on any atom is -0.481 e. The lowest BCUT2D eigenvalue weighted by Gasteiger charge is -2.32. The summed E-state index contributed by atoms with van der Waals surface area (Å²) < 4.78 is 12.8. The van der Waals surface area contributed by atoms with Crippen LogP contribution in [-0.2, 0) is 4.79 Å². The van der Waals surface area contributed by atoms with Gasteiger partial charge in [0.05, 0.1) is 0 Å². The van der Waals surface area contributed by atoms with Crippen molar-refractivity contribution in [2.24, 2.45) is 0 Å². The highest BCUT2D eigenvalue weighted by Gasteiger charge is 2.20. The summed E-state index contributed by atoms with van der Waals surface area (Å²) >= 11 is 0. The third kappa shape index (κ3) is 8.18. The summed E-state index contributed by atoms with van der Waals surface area (Å²) in [5, 5.41) is 14.2. The first-order valence-electron chi connectivity index (χ1n) is 8.30. The normalized spacial score (nSPS) is 15.2. The van der Waals surface area contributed by atoms with E-state index in [1.54, 1.807) is 0 Å². The average Bonchev–Trinajstić information content (AvgIpc) is 2.55. The van der Waals surface area contributed by atoms with E-state index >= 15 is 0 Å².